The normalized spacial score (nSPS) is 11.9. The number of esters is 2. The van der Waals surface area contributed by atoms with Crippen molar-refractivity contribution in [3.8, 4) is 0 Å². The van der Waals surface area contributed by atoms with Gasteiger partial charge in [0.2, 0.25) is 0 Å². The highest BCUT2D eigenvalue weighted by Gasteiger charge is 2.12. The van der Waals surface area contributed by atoms with Gasteiger partial charge in [0.25, 0.3) is 0 Å². The zero-order valence-electron chi connectivity index (χ0n) is 11.9. The Kier molecular flexibility index (Phi) is 10.4. The van der Waals surface area contributed by atoms with E-state index in [1.165, 1.54) is 6.92 Å². The summed E-state index contributed by atoms with van der Waals surface area (Å²) < 4.78 is 10.1. The van der Waals surface area contributed by atoms with Crippen LogP contribution < -0.4 is 0 Å². The third-order valence-corrected chi connectivity index (χ3v) is 2.67. The van der Waals surface area contributed by atoms with Crippen LogP contribution in [0.4, 0.5) is 0 Å². The van der Waals surface area contributed by atoms with Crippen molar-refractivity contribution < 1.29 is 19.1 Å². The van der Waals surface area contributed by atoms with Crippen molar-refractivity contribution in [2.24, 2.45) is 0 Å². The van der Waals surface area contributed by atoms with Crippen molar-refractivity contribution in [3.05, 3.63) is 0 Å². The largest absolute Gasteiger partial charge is 0.466 e. The van der Waals surface area contributed by atoms with Gasteiger partial charge >= 0.3 is 11.9 Å². The molecule has 0 radical (unpaired) electrons. The van der Waals surface area contributed by atoms with Gasteiger partial charge in [-0.25, -0.2) is 0 Å². The van der Waals surface area contributed by atoms with Gasteiger partial charge in [-0.2, -0.15) is 0 Å². The Labute approximate surface area is 110 Å². The first-order valence-electron chi connectivity index (χ1n) is 6.93. The number of carbonyl (C=O) groups is 2. The van der Waals surface area contributed by atoms with Crippen molar-refractivity contribution >= 4 is 11.9 Å². The second-order valence-corrected chi connectivity index (χ2v) is 4.42. The van der Waals surface area contributed by atoms with E-state index >= 15 is 0 Å². The van der Waals surface area contributed by atoms with Crippen LogP contribution in [-0.4, -0.2) is 24.6 Å². The van der Waals surface area contributed by atoms with Crippen molar-refractivity contribution in [1.29, 1.82) is 0 Å². The minimum Gasteiger partial charge on any atom is -0.466 e. The molecule has 0 heterocycles. The molecule has 0 aromatic rings. The molecular weight excluding hydrogens is 232 g/mol. The molecule has 1 atom stereocenters. The molecular formula is C14H26O4. The molecule has 0 spiro atoms. The lowest BCUT2D eigenvalue weighted by Crippen LogP contribution is -2.17. The molecule has 4 nitrogen and oxygen atoms in total. The molecule has 4 heteroatoms. The lowest BCUT2D eigenvalue weighted by Gasteiger charge is -2.16. The average Bonchev–Trinajstić information content (AvgIpc) is 2.28. The maximum absolute atomic E-state index is 11.2. The number of hydrogen-bond acceptors (Lipinski definition) is 4. The Morgan fingerprint density at radius 1 is 1.06 bits per heavy atom. The molecule has 18 heavy (non-hydrogen) atoms. The Balaban J connectivity index is 3.84. The van der Waals surface area contributed by atoms with E-state index in [4.69, 9.17) is 9.47 Å². The van der Waals surface area contributed by atoms with Gasteiger partial charge < -0.3 is 9.47 Å². The predicted molar refractivity (Wildman–Crippen MR) is 70.2 cm³/mol. The van der Waals surface area contributed by atoms with Gasteiger partial charge in [0.05, 0.1) is 6.61 Å². The highest BCUT2D eigenvalue weighted by atomic mass is 16.5. The van der Waals surface area contributed by atoms with Gasteiger partial charge in [-0.15, -0.1) is 0 Å². The van der Waals surface area contributed by atoms with Crippen LogP contribution >= 0.6 is 0 Å². The molecule has 0 aromatic heterocycles. The first kappa shape index (κ1) is 16.9. The first-order chi connectivity index (χ1) is 8.60. The Hall–Kier alpha value is -1.06. The minimum absolute atomic E-state index is 0.0523. The molecule has 0 aliphatic rings. The molecule has 0 aromatic carbocycles. The Bertz CT molecular complexity index is 238. The monoisotopic (exact) mass is 258 g/mol. The van der Waals surface area contributed by atoms with Gasteiger partial charge in [-0.05, 0) is 32.6 Å². The molecule has 0 aliphatic carbocycles. The summed E-state index contributed by atoms with van der Waals surface area (Å²) in [6.45, 7) is 5.78. The fourth-order valence-electron chi connectivity index (χ4n) is 1.83. The topological polar surface area (TPSA) is 52.6 Å². The van der Waals surface area contributed by atoms with Crippen LogP contribution in [0.1, 0.15) is 65.7 Å². The summed E-state index contributed by atoms with van der Waals surface area (Å²) >= 11 is 0. The van der Waals surface area contributed by atoms with Gasteiger partial charge in [0.15, 0.2) is 0 Å². The van der Waals surface area contributed by atoms with Gasteiger partial charge in [-0.1, -0.05) is 19.8 Å². The maximum atomic E-state index is 11.2. The van der Waals surface area contributed by atoms with Crippen LogP contribution in [0.2, 0.25) is 0 Å². The number of ether oxygens (including phenoxy) is 2. The summed E-state index contributed by atoms with van der Waals surface area (Å²) in [6.07, 6.45) is 6.04. The highest BCUT2D eigenvalue weighted by molar-refractivity contribution is 5.69. The zero-order valence-corrected chi connectivity index (χ0v) is 11.9. The summed E-state index contributed by atoms with van der Waals surface area (Å²) in [5.74, 6) is -0.416. The summed E-state index contributed by atoms with van der Waals surface area (Å²) in [5, 5.41) is 0. The Morgan fingerprint density at radius 2 is 1.72 bits per heavy atom. The van der Waals surface area contributed by atoms with Crippen LogP contribution in [-0.2, 0) is 19.1 Å². The van der Waals surface area contributed by atoms with Crippen molar-refractivity contribution in [3.63, 3.8) is 0 Å². The Morgan fingerprint density at radius 3 is 2.28 bits per heavy atom. The third-order valence-electron chi connectivity index (χ3n) is 2.67. The fraction of sp³-hybridized carbons (Fsp3) is 0.857. The quantitative estimate of drug-likeness (QED) is 0.446. The van der Waals surface area contributed by atoms with E-state index in [1.807, 2.05) is 0 Å². The van der Waals surface area contributed by atoms with Crippen molar-refractivity contribution in [2.45, 2.75) is 71.8 Å². The van der Waals surface area contributed by atoms with Gasteiger partial charge in [0, 0.05) is 13.3 Å². The molecule has 0 saturated heterocycles. The highest BCUT2D eigenvalue weighted by Crippen LogP contribution is 2.14. The van der Waals surface area contributed by atoms with Crippen LogP contribution in [0.15, 0.2) is 0 Å². The van der Waals surface area contributed by atoms with E-state index in [0.29, 0.717) is 19.4 Å². The van der Waals surface area contributed by atoms with Gasteiger partial charge in [0.1, 0.15) is 6.10 Å². The molecule has 0 aliphatic heterocycles. The molecule has 1 unspecified atom stereocenters. The van der Waals surface area contributed by atoms with E-state index < -0.39 is 0 Å². The van der Waals surface area contributed by atoms with Crippen LogP contribution in [0.25, 0.3) is 0 Å². The molecule has 0 N–H and O–H groups in total. The maximum Gasteiger partial charge on any atom is 0.305 e. The van der Waals surface area contributed by atoms with Crippen molar-refractivity contribution in [1.82, 2.24) is 0 Å². The standard InChI is InChI=1S/C14H26O4/c1-4-6-7-9-13(18-12(3)15)10-8-11-14(16)17-5-2/h13H,4-11H2,1-3H3. The van der Waals surface area contributed by atoms with E-state index in [9.17, 15) is 9.59 Å². The van der Waals surface area contributed by atoms with Crippen LogP contribution in [0.3, 0.4) is 0 Å². The second-order valence-electron chi connectivity index (χ2n) is 4.42. The lowest BCUT2D eigenvalue weighted by atomic mass is 10.1. The van der Waals surface area contributed by atoms with E-state index in [1.54, 1.807) is 6.92 Å². The lowest BCUT2D eigenvalue weighted by molar-refractivity contribution is -0.147. The first-order valence-corrected chi connectivity index (χ1v) is 6.93. The number of hydrogen-bond donors (Lipinski definition) is 0. The van der Waals surface area contributed by atoms with Crippen LogP contribution in [0, 0.1) is 0 Å². The number of unbranched alkanes of at least 4 members (excludes halogenated alkanes) is 2. The summed E-state index contributed by atoms with van der Waals surface area (Å²) in [6, 6.07) is 0. The van der Waals surface area contributed by atoms with Gasteiger partial charge in [-0.3, -0.25) is 9.59 Å². The molecule has 0 amide bonds. The summed E-state index contributed by atoms with van der Waals surface area (Å²) in [4.78, 5) is 22.1. The summed E-state index contributed by atoms with van der Waals surface area (Å²) in [5.41, 5.74) is 0. The smallest absolute Gasteiger partial charge is 0.305 e. The SMILES string of the molecule is CCCCCC(CCCC(=O)OCC)OC(C)=O. The molecule has 106 valence electrons. The minimum atomic E-state index is -0.243. The average molecular weight is 258 g/mol. The fourth-order valence-corrected chi connectivity index (χ4v) is 1.83. The zero-order chi connectivity index (χ0) is 13.8. The van der Waals surface area contributed by atoms with Crippen LogP contribution in [0.5, 0.6) is 0 Å². The van der Waals surface area contributed by atoms with E-state index in [0.717, 1.165) is 32.1 Å². The predicted octanol–water partition coefficient (Wildman–Crippen LogP) is 3.23. The number of carbonyl (C=O) groups excluding carboxylic acids is 2. The number of rotatable bonds is 10. The molecule has 0 bridgehead atoms. The molecule has 0 rings (SSSR count). The second kappa shape index (κ2) is 11.1. The van der Waals surface area contributed by atoms with E-state index in [-0.39, 0.29) is 18.0 Å². The molecule has 0 fully saturated rings. The van der Waals surface area contributed by atoms with E-state index in [2.05, 4.69) is 6.92 Å². The summed E-state index contributed by atoms with van der Waals surface area (Å²) in [7, 11) is 0. The van der Waals surface area contributed by atoms with Crippen molar-refractivity contribution in [2.75, 3.05) is 6.61 Å². The molecule has 0 saturated carbocycles. The third kappa shape index (κ3) is 10.1.